The number of likely N-dealkylation sites (N-methyl/N-ethyl adjacent to an activating group) is 1. The summed E-state index contributed by atoms with van der Waals surface area (Å²) in [7, 11) is 0. The molecule has 0 heterocycles. The molecule has 0 bridgehead atoms. The van der Waals surface area contributed by atoms with Gasteiger partial charge in [0, 0.05) is 6.04 Å². The lowest BCUT2D eigenvalue weighted by atomic mass is 9.91. The molecule has 0 unspecified atom stereocenters. The minimum Gasteiger partial charge on any atom is -0.480 e. The number of carboxylic acid groups (broad SMARTS) is 1. The molecule has 3 nitrogen and oxygen atoms in total. The zero-order chi connectivity index (χ0) is 8.27. The van der Waals surface area contributed by atoms with Gasteiger partial charge in [0.15, 0.2) is 0 Å². The molecule has 0 aromatic rings. The average molecular weight is 157 g/mol. The Bertz CT molecular complexity index is 143. The van der Waals surface area contributed by atoms with Crippen LogP contribution in [-0.4, -0.2) is 35.1 Å². The van der Waals surface area contributed by atoms with Crippen LogP contribution in [0, 0.1) is 0 Å². The van der Waals surface area contributed by atoms with Crippen LogP contribution in [0.25, 0.3) is 0 Å². The first kappa shape index (κ1) is 8.53. The number of rotatable bonds is 4. The molecule has 0 spiro atoms. The Morgan fingerprint density at radius 2 is 2.27 bits per heavy atom. The van der Waals surface area contributed by atoms with Gasteiger partial charge in [-0.1, -0.05) is 13.3 Å². The fourth-order valence-electron chi connectivity index (χ4n) is 1.42. The highest BCUT2D eigenvalue weighted by Crippen LogP contribution is 2.23. The van der Waals surface area contributed by atoms with Gasteiger partial charge in [-0.25, -0.2) is 0 Å². The topological polar surface area (TPSA) is 40.5 Å². The van der Waals surface area contributed by atoms with Gasteiger partial charge >= 0.3 is 5.97 Å². The number of aliphatic carboxylic acids is 1. The first-order chi connectivity index (χ1) is 5.24. The summed E-state index contributed by atoms with van der Waals surface area (Å²) in [6.07, 6.45) is 3.63. The van der Waals surface area contributed by atoms with E-state index in [1.165, 1.54) is 19.3 Å². The molecule has 0 radical (unpaired) electrons. The van der Waals surface area contributed by atoms with Crippen molar-refractivity contribution in [2.24, 2.45) is 0 Å². The Morgan fingerprint density at radius 1 is 1.64 bits per heavy atom. The molecular weight excluding hydrogens is 142 g/mol. The molecule has 64 valence electrons. The Labute approximate surface area is 67.0 Å². The van der Waals surface area contributed by atoms with E-state index in [4.69, 9.17) is 5.11 Å². The van der Waals surface area contributed by atoms with E-state index in [2.05, 4.69) is 0 Å². The van der Waals surface area contributed by atoms with E-state index >= 15 is 0 Å². The van der Waals surface area contributed by atoms with Crippen LogP contribution < -0.4 is 0 Å². The molecule has 1 rings (SSSR count). The summed E-state index contributed by atoms with van der Waals surface area (Å²) < 4.78 is 0. The lowest BCUT2D eigenvalue weighted by Gasteiger charge is -2.35. The smallest absolute Gasteiger partial charge is 0.317 e. The van der Waals surface area contributed by atoms with Gasteiger partial charge in [0.25, 0.3) is 0 Å². The molecule has 0 amide bonds. The van der Waals surface area contributed by atoms with Crippen LogP contribution in [-0.2, 0) is 4.79 Å². The maximum absolute atomic E-state index is 10.4. The number of hydrogen-bond acceptors (Lipinski definition) is 2. The van der Waals surface area contributed by atoms with Crippen LogP contribution in [0.1, 0.15) is 26.2 Å². The number of nitrogens with zero attached hydrogens (tertiary/aromatic N) is 1. The summed E-state index contributed by atoms with van der Waals surface area (Å²) in [5.74, 6) is -0.709. The van der Waals surface area contributed by atoms with Gasteiger partial charge in [-0.05, 0) is 19.4 Å². The van der Waals surface area contributed by atoms with Crippen molar-refractivity contribution in [1.29, 1.82) is 0 Å². The summed E-state index contributed by atoms with van der Waals surface area (Å²) in [5.41, 5.74) is 0. The van der Waals surface area contributed by atoms with E-state index in [1.807, 2.05) is 11.8 Å². The highest BCUT2D eigenvalue weighted by atomic mass is 16.4. The van der Waals surface area contributed by atoms with Gasteiger partial charge in [-0.3, -0.25) is 9.69 Å². The molecule has 0 aromatic heterocycles. The second-order valence-corrected chi connectivity index (χ2v) is 3.04. The Balaban J connectivity index is 2.29. The first-order valence-corrected chi connectivity index (χ1v) is 4.20. The molecule has 1 saturated carbocycles. The lowest BCUT2D eigenvalue weighted by Crippen LogP contribution is -2.42. The minimum absolute atomic E-state index is 0.209. The zero-order valence-corrected chi connectivity index (χ0v) is 6.92. The molecule has 0 saturated heterocycles. The Morgan fingerprint density at radius 3 is 2.55 bits per heavy atom. The molecule has 1 aliphatic rings. The van der Waals surface area contributed by atoms with Crippen molar-refractivity contribution in [2.75, 3.05) is 13.1 Å². The number of carbonyl (C=O) groups is 1. The van der Waals surface area contributed by atoms with Crippen molar-refractivity contribution >= 4 is 5.97 Å². The van der Waals surface area contributed by atoms with Crippen LogP contribution >= 0.6 is 0 Å². The van der Waals surface area contributed by atoms with Crippen LogP contribution in [0.5, 0.6) is 0 Å². The molecular formula is C8H15NO2. The van der Waals surface area contributed by atoms with Gasteiger partial charge in [0.2, 0.25) is 0 Å². The molecule has 3 heteroatoms. The van der Waals surface area contributed by atoms with E-state index in [0.29, 0.717) is 6.04 Å². The van der Waals surface area contributed by atoms with E-state index in [1.54, 1.807) is 0 Å². The van der Waals surface area contributed by atoms with E-state index in [9.17, 15) is 4.79 Å². The Kier molecular flexibility index (Phi) is 2.88. The van der Waals surface area contributed by atoms with Gasteiger partial charge in [0.1, 0.15) is 0 Å². The van der Waals surface area contributed by atoms with Crippen LogP contribution in [0.15, 0.2) is 0 Å². The third-order valence-electron chi connectivity index (χ3n) is 2.34. The fourth-order valence-corrected chi connectivity index (χ4v) is 1.42. The monoisotopic (exact) mass is 157 g/mol. The van der Waals surface area contributed by atoms with Crippen molar-refractivity contribution in [3.8, 4) is 0 Å². The minimum atomic E-state index is -0.709. The summed E-state index contributed by atoms with van der Waals surface area (Å²) in [4.78, 5) is 12.4. The molecule has 0 aliphatic heterocycles. The van der Waals surface area contributed by atoms with E-state index in [0.717, 1.165) is 6.54 Å². The summed E-state index contributed by atoms with van der Waals surface area (Å²) in [6.45, 7) is 3.08. The third kappa shape index (κ3) is 2.19. The van der Waals surface area contributed by atoms with Crippen molar-refractivity contribution in [1.82, 2.24) is 4.90 Å². The van der Waals surface area contributed by atoms with Gasteiger partial charge in [-0.2, -0.15) is 0 Å². The largest absolute Gasteiger partial charge is 0.480 e. The maximum atomic E-state index is 10.4. The summed E-state index contributed by atoms with van der Waals surface area (Å²) in [5, 5.41) is 8.54. The molecule has 1 fully saturated rings. The molecule has 1 aliphatic carbocycles. The molecule has 0 aromatic carbocycles. The number of carboxylic acids is 1. The van der Waals surface area contributed by atoms with Crippen LogP contribution in [0.2, 0.25) is 0 Å². The quantitative estimate of drug-likeness (QED) is 0.660. The van der Waals surface area contributed by atoms with Crippen molar-refractivity contribution in [2.45, 2.75) is 32.2 Å². The molecule has 11 heavy (non-hydrogen) atoms. The average Bonchev–Trinajstić information content (AvgIpc) is 1.81. The van der Waals surface area contributed by atoms with Crippen LogP contribution in [0.3, 0.4) is 0 Å². The molecule has 1 N–H and O–H groups in total. The second kappa shape index (κ2) is 3.72. The summed E-state index contributed by atoms with van der Waals surface area (Å²) >= 11 is 0. The van der Waals surface area contributed by atoms with E-state index < -0.39 is 5.97 Å². The molecule has 0 atom stereocenters. The normalized spacial score (nSPS) is 18.4. The zero-order valence-electron chi connectivity index (χ0n) is 6.92. The standard InChI is InChI=1S/C8H15NO2/c1-2-9(6-8(10)11)7-4-3-5-7/h7H,2-6H2,1H3,(H,10,11). The van der Waals surface area contributed by atoms with Crippen molar-refractivity contribution in [3.63, 3.8) is 0 Å². The van der Waals surface area contributed by atoms with Gasteiger partial charge in [-0.15, -0.1) is 0 Å². The van der Waals surface area contributed by atoms with E-state index in [-0.39, 0.29) is 6.54 Å². The predicted molar refractivity (Wildman–Crippen MR) is 42.5 cm³/mol. The number of hydrogen-bond donors (Lipinski definition) is 1. The third-order valence-corrected chi connectivity index (χ3v) is 2.34. The lowest BCUT2D eigenvalue weighted by molar-refractivity contribution is -0.139. The van der Waals surface area contributed by atoms with Crippen molar-refractivity contribution in [3.05, 3.63) is 0 Å². The highest BCUT2D eigenvalue weighted by Gasteiger charge is 2.24. The first-order valence-electron chi connectivity index (χ1n) is 4.20. The van der Waals surface area contributed by atoms with Crippen molar-refractivity contribution < 1.29 is 9.90 Å². The maximum Gasteiger partial charge on any atom is 0.317 e. The fraction of sp³-hybridized carbons (Fsp3) is 0.875. The summed E-state index contributed by atoms with van der Waals surface area (Å²) in [6, 6.07) is 0.552. The predicted octanol–water partition coefficient (Wildman–Crippen LogP) is 0.945. The van der Waals surface area contributed by atoms with Crippen LogP contribution in [0.4, 0.5) is 0 Å². The Hall–Kier alpha value is -0.570. The van der Waals surface area contributed by atoms with Gasteiger partial charge in [0.05, 0.1) is 6.54 Å². The second-order valence-electron chi connectivity index (χ2n) is 3.04. The highest BCUT2D eigenvalue weighted by molar-refractivity contribution is 5.69. The SMILES string of the molecule is CCN(CC(=O)O)C1CCC1. The van der Waals surface area contributed by atoms with Gasteiger partial charge < -0.3 is 5.11 Å².